The van der Waals surface area contributed by atoms with Crippen molar-refractivity contribution < 1.29 is 4.74 Å². The van der Waals surface area contributed by atoms with Gasteiger partial charge >= 0.3 is 0 Å². The quantitative estimate of drug-likeness (QED) is 0.743. The van der Waals surface area contributed by atoms with Crippen molar-refractivity contribution in [1.29, 1.82) is 0 Å². The van der Waals surface area contributed by atoms with Crippen molar-refractivity contribution in [2.24, 2.45) is 5.92 Å². The van der Waals surface area contributed by atoms with E-state index >= 15 is 0 Å². The Kier molecular flexibility index (Phi) is 2.76. The number of aromatic nitrogens is 2. The second kappa shape index (κ2) is 4.03. The molecule has 13 heavy (non-hydrogen) atoms. The van der Waals surface area contributed by atoms with Crippen LogP contribution in [0.15, 0.2) is 12.1 Å². The Morgan fingerprint density at radius 1 is 1.38 bits per heavy atom. The van der Waals surface area contributed by atoms with E-state index in [4.69, 9.17) is 16.3 Å². The number of hydrogen-bond acceptors (Lipinski definition) is 3. The van der Waals surface area contributed by atoms with Crippen molar-refractivity contribution in [3.8, 4) is 0 Å². The van der Waals surface area contributed by atoms with Gasteiger partial charge in [-0.15, -0.1) is 5.10 Å². The van der Waals surface area contributed by atoms with Crippen LogP contribution in [0.2, 0.25) is 5.15 Å². The lowest BCUT2D eigenvalue weighted by Gasteiger charge is -2.00. The highest BCUT2D eigenvalue weighted by molar-refractivity contribution is 6.29. The average Bonchev–Trinajstić information content (AvgIpc) is 2.92. The fraction of sp³-hybridized carbons (Fsp3) is 0.556. The predicted octanol–water partition coefficient (Wildman–Crippen LogP) is 2.06. The van der Waals surface area contributed by atoms with Gasteiger partial charge in [0.25, 0.3) is 0 Å². The van der Waals surface area contributed by atoms with Gasteiger partial charge in [0.2, 0.25) is 0 Å². The molecule has 0 bridgehead atoms. The normalized spacial score (nSPS) is 16.1. The number of hydrogen-bond donors (Lipinski definition) is 0. The van der Waals surface area contributed by atoms with Gasteiger partial charge in [0.15, 0.2) is 5.15 Å². The van der Waals surface area contributed by atoms with Crippen LogP contribution in [0.25, 0.3) is 0 Å². The molecule has 0 amide bonds. The number of ether oxygens (including phenoxy) is 1. The van der Waals surface area contributed by atoms with Gasteiger partial charge in [0.05, 0.1) is 12.3 Å². The summed E-state index contributed by atoms with van der Waals surface area (Å²) in [4.78, 5) is 0. The molecule has 1 aromatic heterocycles. The molecule has 4 heteroatoms. The fourth-order valence-corrected chi connectivity index (χ4v) is 1.14. The highest BCUT2D eigenvalue weighted by Gasteiger charge is 2.21. The lowest BCUT2D eigenvalue weighted by atomic mass is 10.4. The van der Waals surface area contributed by atoms with E-state index in [1.807, 2.05) is 6.07 Å². The molecule has 0 saturated heterocycles. The Balaban J connectivity index is 1.76. The molecule has 1 aliphatic rings. The molecule has 1 heterocycles. The topological polar surface area (TPSA) is 35.0 Å². The first-order valence-electron chi connectivity index (χ1n) is 4.40. The molecule has 0 unspecified atom stereocenters. The van der Waals surface area contributed by atoms with Crippen LogP contribution in [0.3, 0.4) is 0 Å². The van der Waals surface area contributed by atoms with E-state index in [0.29, 0.717) is 11.8 Å². The van der Waals surface area contributed by atoms with Crippen molar-refractivity contribution in [2.45, 2.75) is 19.4 Å². The number of nitrogens with zero attached hydrogens (tertiary/aromatic N) is 2. The molecule has 2 rings (SSSR count). The first-order chi connectivity index (χ1) is 6.34. The molecule has 1 saturated carbocycles. The zero-order chi connectivity index (χ0) is 9.10. The van der Waals surface area contributed by atoms with E-state index in [1.54, 1.807) is 6.07 Å². The summed E-state index contributed by atoms with van der Waals surface area (Å²) in [5.41, 5.74) is 0.838. The maximum absolute atomic E-state index is 5.59. The van der Waals surface area contributed by atoms with Crippen molar-refractivity contribution >= 4 is 11.6 Å². The van der Waals surface area contributed by atoms with Gasteiger partial charge in [-0.05, 0) is 30.9 Å². The molecule has 0 aliphatic heterocycles. The Bertz CT molecular complexity index is 271. The molecule has 0 N–H and O–H groups in total. The van der Waals surface area contributed by atoms with Gasteiger partial charge in [-0.3, -0.25) is 0 Å². The van der Waals surface area contributed by atoms with Crippen LogP contribution in [0, 0.1) is 5.92 Å². The summed E-state index contributed by atoms with van der Waals surface area (Å²) < 4.78 is 5.44. The average molecular weight is 199 g/mol. The van der Waals surface area contributed by atoms with Crippen molar-refractivity contribution in [3.05, 3.63) is 23.0 Å². The number of halogens is 1. The van der Waals surface area contributed by atoms with E-state index in [1.165, 1.54) is 12.8 Å². The van der Waals surface area contributed by atoms with Crippen LogP contribution in [0.5, 0.6) is 0 Å². The first kappa shape index (κ1) is 8.91. The van der Waals surface area contributed by atoms with Crippen LogP contribution < -0.4 is 0 Å². The molecule has 1 fully saturated rings. The summed E-state index contributed by atoms with van der Waals surface area (Å²) in [5, 5.41) is 8.04. The highest BCUT2D eigenvalue weighted by atomic mass is 35.5. The minimum absolute atomic E-state index is 0.422. The zero-order valence-corrected chi connectivity index (χ0v) is 8.00. The van der Waals surface area contributed by atoms with Gasteiger partial charge in [0, 0.05) is 6.61 Å². The third kappa shape index (κ3) is 2.94. The molecule has 1 aliphatic carbocycles. The van der Waals surface area contributed by atoms with Gasteiger partial charge in [-0.2, -0.15) is 5.10 Å². The van der Waals surface area contributed by atoms with Crippen molar-refractivity contribution in [1.82, 2.24) is 10.2 Å². The van der Waals surface area contributed by atoms with Crippen LogP contribution in [0.4, 0.5) is 0 Å². The summed E-state index contributed by atoms with van der Waals surface area (Å²) in [6, 6.07) is 3.56. The standard InChI is InChI=1S/C9H11ClN2O/c10-9-4-3-8(11-12-9)6-13-5-7-1-2-7/h3-4,7H,1-2,5-6H2. The van der Waals surface area contributed by atoms with E-state index < -0.39 is 0 Å². The Hall–Kier alpha value is -0.670. The minimum atomic E-state index is 0.422. The first-order valence-corrected chi connectivity index (χ1v) is 4.78. The molecule has 0 atom stereocenters. The highest BCUT2D eigenvalue weighted by Crippen LogP contribution is 2.28. The second-order valence-electron chi connectivity index (χ2n) is 3.31. The maximum Gasteiger partial charge on any atom is 0.151 e. The fourth-order valence-electron chi connectivity index (χ4n) is 1.04. The Labute approximate surface area is 82.1 Å². The summed E-state index contributed by atoms with van der Waals surface area (Å²) >= 11 is 5.59. The zero-order valence-electron chi connectivity index (χ0n) is 7.24. The smallest absolute Gasteiger partial charge is 0.151 e. The van der Waals surface area contributed by atoms with Gasteiger partial charge in [-0.25, -0.2) is 0 Å². The second-order valence-corrected chi connectivity index (χ2v) is 3.69. The lowest BCUT2D eigenvalue weighted by Crippen LogP contribution is -1.99. The largest absolute Gasteiger partial charge is 0.375 e. The molecular weight excluding hydrogens is 188 g/mol. The van der Waals surface area contributed by atoms with Gasteiger partial charge < -0.3 is 4.74 Å². The summed E-state index contributed by atoms with van der Waals surface area (Å²) in [6.45, 7) is 1.39. The number of rotatable bonds is 4. The maximum atomic E-state index is 5.59. The molecule has 70 valence electrons. The molecule has 1 aromatic rings. The van der Waals surface area contributed by atoms with E-state index in [9.17, 15) is 0 Å². The van der Waals surface area contributed by atoms with E-state index in [-0.39, 0.29) is 0 Å². The van der Waals surface area contributed by atoms with E-state index in [2.05, 4.69) is 10.2 Å². The summed E-state index contributed by atoms with van der Waals surface area (Å²) in [7, 11) is 0. The SMILES string of the molecule is Clc1ccc(COCC2CC2)nn1. The Morgan fingerprint density at radius 2 is 2.23 bits per heavy atom. The molecular formula is C9H11ClN2O. The van der Waals surface area contributed by atoms with Gasteiger partial charge in [-0.1, -0.05) is 11.6 Å². The predicted molar refractivity (Wildman–Crippen MR) is 49.4 cm³/mol. The van der Waals surface area contributed by atoms with Crippen LogP contribution >= 0.6 is 11.6 Å². The van der Waals surface area contributed by atoms with Crippen LogP contribution in [0.1, 0.15) is 18.5 Å². The van der Waals surface area contributed by atoms with Crippen molar-refractivity contribution in [3.63, 3.8) is 0 Å². The monoisotopic (exact) mass is 198 g/mol. The molecule has 0 radical (unpaired) electrons. The summed E-state index contributed by atoms with van der Waals surface area (Å²) in [5.74, 6) is 0.792. The van der Waals surface area contributed by atoms with E-state index in [0.717, 1.165) is 18.2 Å². The van der Waals surface area contributed by atoms with Crippen LogP contribution in [-0.2, 0) is 11.3 Å². The lowest BCUT2D eigenvalue weighted by molar-refractivity contribution is 0.108. The molecule has 3 nitrogen and oxygen atoms in total. The summed E-state index contributed by atoms with van der Waals surface area (Å²) in [6.07, 6.45) is 2.62. The van der Waals surface area contributed by atoms with Crippen molar-refractivity contribution in [2.75, 3.05) is 6.61 Å². The van der Waals surface area contributed by atoms with Crippen LogP contribution in [-0.4, -0.2) is 16.8 Å². The molecule has 0 spiro atoms. The Morgan fingerprint density at radius 3 is 2.85 bits per heavy atom. The third-order valence-electron chi connectivity index (χ3n) is 1.99. The third-order valence-corrected chi connectivity index (χ3v) is 2.19. The molecule has 0 aromatic carbocycles. The minimum Gasteiger partial charge on any atom is -0.375 e. The van der Waals surface area contributed by atoms with Gasteiger partial charge in [0.1, 0.15) is 0 Å².